The Morgan fingerprint density at radius 2 is 1.73 bits per heavy atom. The number of ether oxygens (including phenoxy) is 1. The van der Waals surface area contributed by atoms with Crippen LogP contribution in [0, 0.1) is 0 Å². The molecule has 1 unspecified atom stereocenters. The first-order valence-corrected chi connectivity index (χ1v) is 9.37. The Kier molecular flexibility index (Phi) is 5.82. The summed E-state index contributed by atoms with van der Waals surface area (Å²) in [5, 5.41) is 6.43. The van der Waals surface area contributed by atoms with Crippen LogP contribution >= 0.6 is 0 Å². The van der Waals surface area contributed by atoms with Gasteiger partial charge in [-0.05, 0) is 37.5 Å². The van der Waals surface area contributed by atoms with Crippen LogP contribution in [0.25, 0.3) is 0 Å². The van der Waals surface area contributed by atoms with Crippen LogP contribution in [0.2, 0.25) is 0 Å². The van der Waals surface area contributed by atoms with Crippen molar-refractivity contribution in [3.05, 3.63) is 60.2 Å². The largest absolute Gasteiger partial charge is 0.495 e. The second kappa shape index (κ2) is 8.26. The topological polar surface area (TPSA) is 50.4 Å². The molecule has 1 aliphatic carbocycles. The summed E-state index contributed by atoms with van der Waals surface area (Å²) in [6.07, 6.45) is 4.71. The van der Waals surface area contributed by atoms with Crippen molar-refractivity contribution >= 4 is 11.6 Å². The van der Waals surface area contributed by atoms with E-state index >= 15 is 0 Å². The highest BCUT2D eigenvalue weighted by molar-refractivity contribution is 5.84. The van der Waals surface area contributed by atoms with Crippen molar-refractivity contribution in [3.8, 4) is 5.75 Å². The summed E-state index contributed by atoms with van der Waals surface area (Å²) in [6, 6.07) is 17.9. The van der Waals surface area contributed by atoms with Gasteiger partial charge in [-0.2, -0.15) is 0 Å². The van der Waals surface area contributed by atoms with Gasteiger partial charge >= 0.3 is 0 Å². The normalized spacial score (nSPS) is 16.7. The van der Waals surface area contributed by atoms with Gasteiger partial charge in [-0.1, -0.05) is 55.3 Å². The van der Waals surface area contributed by atoms with Crippen LogP contribution in [-0.4, -0.2) is 25.6 Å². The highest BCUT2D eigenvalue weighted by atomic mass is 16.5. The molecule has 0 aliphatic heterocycles. The minimum atomic E-state index is -0.333. The maximum atomic E-state index is 12.7. The molecule has 0 spiro atoms. The maximum absolute atomic E-state index is 12.7. The van der Waals surface area contributed by atoms with Gasteiger partial charge in [0.25, 0.3) is 0 Å². The minimum Gasteiger partial charge on any atom is -0.495 e. The van der Waals surface area contributed by atoms with Crippen molar-refractivity contribution in [1.82, 2.24) is 5.32 Å². The molecule has 0 saturated heterocycles. The predicted octanol–water partition coefficient (Wildman–Crippen LogP) is 4.12. The number of carbonyl (C=O) groups excluding carboxylic acids is 1. The van der Waals surface area contributed by atoms with Gasteiger partial charge in [0.2, 0.25) is 5.91 Å². The van der Waals surface area contributed by atoms with E-state index in [-0.39, 0.29) is 17.4 Å². The molecular formula is C22H28N2O2. The molecule has 2 N–H and O–H groups in total. The van der Waals surface area contributed by atoms with Gasteiger partial charge in [0.1, 0.15) is 11.8 Å². The van der Waals surface area contributed by atoms with Crippen molar-refractivity contribution in [2.75, 3.05) is 19.0 Å². The summed E-state index contributed by atoms with van der Waals surface area (Å²) in [5.74, 6) is 0.752. The predicted molar refractivity (Wildman–Crippen MR) is 106 cm³/mol. The minimum absolute atomic E-state index is 0.0121. The third-order valence-electron chi connectivity index (χ3n) is 5.42. The number of hydrogen-bond acceptors (Lipinski definition) is 3. The molecule has 4 heteroatoms. The van der Waals surface area contributed by atoms with Gasteiger partial charge in [0.05, 0.1) is 12.8 Å². The van der Waals surface area contributed by atoms with Crippen LogP contribution in [-0.2, 0) is 10.2 Å². The summed E-state index contributed by atoms with van der Waals surface area (Å²) in [7, 11) is 1.63. The summed E-state index contributed by atoms with van der Waals surface area (Å²) >= 11 is 0. The van der Waals surface area contributed by atoms with Crippen LogP contribution < -0.4 is 15.4 Å². The van der Waals surface area contributed by atoms with Crippen LogP contribution in [0.1, 0.15) is 38.2 Å². The van der Waals surface area contributed by atoms with E-state index in [4.69, 9.17) is 4.74 Å². The maximum Gasteiger partial charge on any atom is 0.242 e. The van der Waals surface area contributed by atoms with E-state index < -0.39 is 0 Å². The van der Waals surface area contributed by atoms with Crippen LogP contribution in [0.4, 0.5) is 5.69 Å². The van der Waals surface area contributed by atoms with E-state index in [1.807, 2.05) is 37.3 Å². The Balaban J connectivity index is 1.63. The van der Waals surface area contributed by atoms with Gasteiger partial charge in [-0.3, -0.25) is 4.79 Å². The molecule has 1 saturated carbocycles. The second-order valence-electron chi connectivity index (χ2n) is 7.14. The van der Waals surface area contributed by atoms with Crippen LogP contribution in [0.15, 0.2) is 54.6 Å². The van der Waals surface area contributed by atoms with Gasteiger partial charge < -0.3 is 15.4 Å². The summed E-state index contributed by atoms with van der Waals surface area (Å²) in [6.45, 7) is 2.57. The number of nitrogens with one attached hydrogen (secondary N) is 2. The van der Waals surface area contributed by atoms with Crippen molar-refractivity contribution < 1.29 is 9.53 Å². The Labute approximate surface area is 156 Å². The molecule has 26 heavy (non-hydrogen) atoms. The zero-order valence-corrected chi connectivity index (χ0v) is 15.6. The zero-order valence-electron chi connectivity index (χ0n) is 15.6. The number of hydrogen-bond donors (Lipinski definition) is 2. The van der Waals surface area contributed by atoms with Gasteiger partial charge in [-0.15, -0.1) is 0 Å². The van der Waals surface area contributed by atoms with Crippen LogP contribution in [0.5, 0.6) is 5.75 Å². The zero-order chi connectivity index (χ0) is 18.4. The van der Waals surface area contributed by atoms with Crippen molar-refractivity contribution in [2.45, 2.75) is 44.1 Å². The van der Waals surface area contributed by atoms with E-state index in [9.17, 15) is 4.79 Å². The number of methoxy groups -OCH3 is 1. The fraction of sp³-hybridized carbons (Fsp3) is 0.409. The first-order valence-electron chi connectivity index (χ1n) is 9.37. The van der Waals surface area contributed by atoms with Crippen molar-refractivity contribution in [2.24, 2.45) is 0 Å². The van der Waals surface area contributed by atoms with E-state index in [2.05, 4.69) is 34.9 Å². The fourth-order valence-electron chi connectivity index (χ4n) is 3.88. The monoisotopic (exact) mass is 352 g/mol. The van der Waals surface area contributed by atoms with Gasteiger partial charge in [0.15, 0.2) is 0 Å². The molecule has 0 radical (unpaired) electrons. The van der Waals surface area contributed by atoms with Crippen molar-refractivity contribution in [3.63, 3.8) is 0 Å². The lowest BCUT2D eigenvalue weighted by atomic mass is 9.79. The van der Waals surface area contributed by atoms with Crippen molar-refractivity contribution in [1.29, 1.82) is 0 Å². The molecule has 1 aliphatic rings. The molecule has 1 amide bonds. The molecule has 138 valence electrons. The summed E-state index contributed by atoms with van der Waals surface area (Å²) in [5.41, 5.74) is 2.24. The molecular weight excluding hydrogens is 324 g/mol. The smallest absolute Gasteiger partial charge is 0.242 e. The highest BCUT2D eigenvalue weighted by Gasteiger charge is 2.36. The highest BCUT2D eigenvalue weighted by Crippen LogP contribution is 2.40. The molecule has 0 aromatic heterocycles. The fourth-order valence-corrected chi connectivity index (χ4v) is 3.88. The Bertz CT molecular complexity index is 724. The van der Waals surface area contributed by atoms with E-state index in [1.165, 1.54) is 18.4 Å². The number of rotatable bonds is 7. The molecule has 1 atom stereocenters. The molecule has 4 nitrogen and oxygen atoms in total. The Hall–Kier alpha value is -2.49. The number of amides is 1. The summed E-state index contributed by atoms with van der Waals surface area (Å²) < 4.78 is 5.35. The molecule has 2 aromatic rings. The first kappa shape index (κ1) is 18.3. The van der Waals surface area contributed by atoms with E-state index in [0.29, 0.717) is 6.54 Å². The first-order chi connectivity index (χ1) is 12.6. The number of anilines is 1. The molecule has 1 fully saturated rings. The van der Waals surface area contributed by atoms with Gasteiger partial charge in [0, 0.05) is 12.0 Å². The lowest BCUT2D eigenvalue weighted by Crippen LogP contribution is -2.44. The lowest BCUT2D eigenvalue weighted by Gasteiger charge is -2.30. The van der Waals surface area contributed by atoms with Gasteiger partial charge in [-0.25, -0.2) is 0 Å². The quantitative estimate of drug-likeness (QED) is 0.788. The molecule has 2 aromatic carbocycles. The van der Waals surface area contributed by atoms with E-state index in [0.717, 1.165) is 24.3 Å². The average molecular weight is 352 g/mol. The van der Waals surface area contributed by atoms with Crippen LogP contribution in [0.3, 0.4) is 0 Å². The third-order valence-corrected chi connectivity index (χ3v) is 5.42. The van der Waals surface area contributed by atoms with E-state index in [1.54, 1.807) is 7.11 Å². The second-order valence-corrected chi connectivity index (χ2v) is 7.14. The number of benzene rings is 2. The molecule has 0 heterocycles. The number of para-hydroxylation sites is 2. The third kappa shape index (κ3) is 4.01. The SMILES string of the molecule is COc1ccccc1NC(C)C(=O)NCC1(c2ccccc2)CCCC1. The standard InChI is InChI=1S/C22H28N2O2/c1-17(24-19-12-6-7-13-20(19)26-2)21(25)23-16-22(14-8-9-15-22)18-10-4-3-5-11-18/h3-7,10-13,17,24H,8-9,14-16H2,1-2H3,(H,23,25). The lowest BCUT2D eigenvalue weighted by molar-refractivity contribution is -0.121. The molecule has 0 bridgehead atoms. The Morgan fingerprint density at radius 3 is 2.42 bits per heavy atom. The Morgan fingerprint density at radius 1 is 1.08 bits per heavy atom. The average Bonchev–Trinajstić information content (AvgIpc) is 3.17. The summed E-state index contributed by atoms with van der Waals surface area (Å²) in [4.78, 5) is 12.7. The molecule has 3 rings (SSSR count). The number of carbonyl (C=O) groups is 1.